The van der Waals surface area contributed by atoms with Gasteiger partial charge in [-0.2, -0.15) is 0 Å². The van der Waals surface area contributed by atoms with Gasteiger partial charge in [-0.1, -0.05) is 6.07 Å². The number of fused-ring (bicyclic) bond motifs is 1. The maximum atomic E-state index is 9.54. The molecule has 1 N–H and O–H groups in total. The number of phenolic OH excluding ortho intramolecular Hbond substituents is 1. The van der Waals surface area contributed by atoms with Crippen molar-refractivity contribution in [2.45, 2.75) is 6.92 Å². The molecule has 0 aliphatic carbocycles. The molecule has 62 valence electrons. The summed E-state index contributed by atoms with van der Waals surface area (Å²) in [6.07, 6.45) is 1.96. The number of hydrogen-bond donors (Lipinski definition) is 1. The molecule has 0 saturated carbocycles. The van der Waals surface area contributed by atoms with E-state index in [0.29, 0.717) is 5.75 Å². The van der Waals surface area contributed by atoms with E-state index in [0.717, 1.165) is 10.9 Å². The Balaban J connectivity index is 2.98. The van der Waals surface area contributed by atoms with E-state index in [9.17, 15) is 5.11 Å². The predicted octanol–water partition coefficient (Wildman–Crippen LogP) is 2.19. The third kappa shape index (κ3) is 0.811. The molecule has 0 unspecified atom stereocenters. The van der Waals surface area contributed by atoms with Crippen LogP contribution in [0.2, 0.25) is 0 Å². The molecule has 1 aromatic carbocycles. The number of hydrogen-bond acceptors (Lipinski definition) is 1. The highest BCUT2D eigenvalue weighted by Gasteiger charge is 2.04. The van der Waals surface area contributed by atoms with Crippen molar-refractivity contribution in [3.8, 4) is 5.75 Å². The van der Waals surface area contributed by atoms with E-state index in [1.165, 1.54) is 5.56 Å². The molecule has 0 aliphatic heterocycles. The third-order valence-corrected chi connectivity index (χ3v) is 2.23. The molecule has 2 aromatic rings. The van der Waals surface area contributed by atoms with Crippen LogP contribution >= 0.6 is 0 Å². The van der Waals surface area contributed by atoms with Gasteiger partial charge >= 0.3 is 0 Å². The summed E-state index contributed by atoms with van der Waals surface area (Å²) >= 11 is 0. The number of rotatable bonds is 0. The van der Waals surface area contributed by atoms with E-state index in [1.54, 1.807) is 6.07 Å². The van der Waals surface area contributed by atoms with E-state index in [2.05, 4.69) is 0 Å². The first-order chi connectivity index (χ1) is 5.70. The van der Waals surface area contributed by atoms with Gasteiger partial charge in [-0.3, -0.25) is 0 Å². The molecule has 0 amide bonds. The normalized spacial score (nSPS) is 10.8. The number of phenols is 1. The minimum atomic E-state index is 0.350. The number of aromatic hydroxyl groups is 1. The summed E-state index contributed by atoms with van der Waals surface area (Å²) in [7, 11) is 1.93. The van der Waals surface area contributed by atoms with E-state index < -0.39 is 0 Å². The minimum absolute atomic E-state index is 0.350. The van der Waals surface area contributed by atoms with E-state index in [-0.39, 0.29) is 0 Å². The summed E-state index contributed by atoms with van der Waals surface area (Å²) in [5, 5.41) is 10.7. The predicted molar refractivity (Wildman–Crippen MR) is 49.3 cm³/mol. The Hall–Kier alpha value is -1.44. The molecule has 12 heavy (non-hydrogen) atoms. The fraction of sp³-hybridized carbons (Fsp3) is 0.200. The first-order valence-corrected chi connectivity index (χ1v) is 3.94. The second-order valence-electron chi connectivity index (χ2n) is 3.09. The summed E-state index contributed by atoms with van der Waals surface area (Å²) in [5.74, 6) is 0.350. The molecule has 0 bridgehead atoms. The number of benzene rings is 1. The van der Waals surface area contributed by atoms with Gasteiger partial charge in [0.2, 0.25) is 0 Å². The van der Waals surface area contributed by atoms with Gasteiger partial charge in [-0.25, -0.2) is 0 Å². The summed E-state index contributed by atoms with van der Waals surface area (Å²) in [6.45, 7) is 2.04. The highest BCUT2D eigenvalue weighted by atomic mass is 16.3. The zero-order valence-corrected chi connectivity index (χ0v) is 7.20. The molecule has 2 heteroatoms. The van der Waals surface area contributed by atoms with Crippen LogP contribution in [0, 0.1) is 6.92 Å². The summed E-state index contributed by atoms with van der Waals surface area (Å²) < 4.78 is 1.93. The van der Waals surface area contributed by atoms with Gasteiger partial charge in [0.15, 0.2) is 0 Å². The van der Waals surface area contributed by atoms with Crippen molar-refractivity contribution in [1.82, 2.24) is 4.57 Å². The van der Waals surface area contributed by atoms with E-state index >= 15 is 0 Å². The van der Waals surface area contributed by atoms with Gasteiger partial charge < -0.3 is 9.67 Å². The molecular formula is C10H11NO. The smallest absolute Gasteiger partial charge is 0.139 e. The van der Waals surface area contributed by atoms with Crippen molar-refractivity contribution < 1.29 is 5.11 Å². The lowest BCUT2D eigenvalue weighted by molar-refractivity contribution is 0.479. The Bertz CT molecular complexity index is 429. The van der Waals surface area contributed by atoms with Crippen molar-refractivity contribution in [1.29, 1.82) is 0 Å². The average molecular weight is 161 g/mol. The van der Waals surface area contributed by atoms with Gasteiger partial charge in [0.05, 0.1) is 5.52 Å². The Morgan fingerprint density at radius 1 is 1.25 bits per heavy atom. The van der Waals surface area contributed by atoms with Crippen molar-refractivity contribution in [3.05, 3.63) is 30.0 Å². The van der Waals surface area contributed by atoms with Crippen LogP contribution in [0.15, 0.2) is 24.4 Å². The molecule has 0 atom stereocenters. The van der Waals surface area contributed by atoms with Crippen LogP contribution in [0.5, 0.6) is 5.75 Å². The van der Waals surface area contributed by atoms with Crippen molar-refractivity contribution in [3.63, 3.8) is 0 Å². The fourth-order valence-electron chi connectivity index (χ4n) is 1.54. The molecule has 0 radical (unpaired) electrons. The number of nitrogens with zero attached hydrogens (tertiary/aromatic N) is 1. The average Bonchev–Trinajstić information content (AvgIpc) is 2.42. The molecule has 2 rings (SSSR count). The second-order valence-corrected chi connectivity index (χ2v) is 3.09. The van der Waals surface area contributed by atoms with Crippen LogP contribution in [-0.2, 0) is 7.05 Å². The van der Waals surface area contributed by atoms with Crippen LogP contribution in [0.25, 0.3) is 10.9 Å². The van der Waals surface area contributed by atoms with E-state index in [1.807, 2.05) is 36.9 Å². The highest BCUT2D eigenvalue weighted by molar-refractivity contribution is 5.88. The van der Waals surface area contributed by atoms with E-state index in [4.69, 9.17) is 0 Å². The van der Waals surface area contributed by atoms with Crippen LogP contribution in [0.1, 0.15) is 5.56 Å². The first-order valence-electron chi connectivity index (χ1n) is 3.94. The Kier molecular flexibility index (Phi) is 1.37. The molecule has 0 fully saturated rings. The van der Waals surface area contributed by atoms with Gasteiger partial charge in [0, 0.05) is 18.6 Å². The molecule has 2 nitrogen and oxygen atoms in total. The van der Waals surface area contributed by atoms with Gasteiger partial charge in [0.25, 0.3) is 0 Å². The summed E-state index contributed by atoms with van der Waals surface area (Å²) in [4.78, 5) is 0. The fourth-order valence-corrected chi connectivity index (χ4v) is 1.54. The maximum absolute atomic E-state index is 9.54. The standard InChI is InChI=1S/C10H11NO/c1-7-3-4-9(12)10-8(7)5-6-11(10)2/h3-6,12H,1-2H3. The van der Waals surface area contributed by atoms with Crippen LogP contribution in [-0.4, -0.2) is 9.67 Å². The van der Waals surface area contributed by atoms with Crippen LogP contribution in [0.3, 0.4) is 0 Å². The van der Waals surface area contributed by atoms with Crippen LogP contribution in [0.4, 0.5) is 0 Å². The molecule has 1 heterocycles. The molecule has 0 saturated heterocycles. The zero-order valence-electron chi connectivity index (χ0n) is 7.20. The Morgan fingerprint density at radius 2 is 2.00 bits per heavy atom. The lowest BCUT2D eigenvalue weighted by Gasteiger charge is -2.01. The number of aromatic nitrogens is 1. The second kappa shape index (κ2) is 2.27. The van der Waals surface area contributed by atoms with Gasteiger partial charge in [0.1, 0.15) is 5.75 Å². The summed E-state index contributed by atoms with van der Waals surface area (Å²) in [5.41, 5.74) is 2.11. The molecule has 0 spiro atoms. The van der Waals surface area contributed by atoms with Gasteiger partial charge in [-0.15, -0.1) is 0 Å². The van der Waals surface area contributed by atoms with Crippen LogP contribution < -0.4 is 0 Å². The SMILES string of the molecule is Cc1ccc(O)c2c1ccn2C. The molecule has 0 aliphatic rings. The topological polar surface area (TPSA) is 25.2 Å². The first kappa shape index (κ1) is 7.22. The Labute approximate surface area is 71.1 Å². The van der Waals surface area contributed by atoms with Crippen molar-refractivity contribution in [2.24, 2.45) is 7.05 Å². The van der Waals surface area contributed by atoms with Crippen molar-refractivity contribution in [2.75, 3.05) is 0 Å². The zero-order chi connectivity index (χ0) is 8.72. The Morgan fingerprint density at radius 3 is 2.67 bits per heavy atom. The van der Waals surface area contributed by atoms with Crippen molar-refractivity contribution >= 4 is 10.9 Å². The third-order valence-electron chi connectivity index (χ3n) is 2.23. The highest BCUT2D eigenvalue weighted by Crippen LogP contribution is 2.27. The lowest BCUT2D eigenvalue weighted by Crippen LogP contribution is -1.85. The molecule has 1 aromatic heterocycles. The van der Waals surface area contributed by atoms with Gasteiger partial charge in [-0.05, 0) is 24.6 Å². The number of aryl methyl sites for hydroxylation is 2. The maximum Gasteiger partial charge on any atom is 0.139 e. The summed E-state index contributed by atoms with van der Waals surface area (Å²) in [6, 6.07) is 5.68. The largest absolute Gasteiger partial charge is 0.506 e. The molecular weight excluding hydrogens is 150 g/mol. The minimum Gasteiger partial charge on any atom is -0.506 e. The monoisotopic (exact) mass is 161 g/mol. The lowest BCUT2D eigenvalue weighted by atomic mass is 10.1. The quantitative estimate of drug-likeness (QED) is 0.629.